The summed E-state index contributed by atoms with van der Waals surface area (Å²) < 4.78 is 0. The standard InChI is InChI=1S/C16H19N5O/c1-17-15-14(19-8-9-20-15)12-4-10-21(11-5-12)16(22)13-2-6-18-7-3-13/h2-3,6-9,12H,4-5,10-11H2,1H3,(H,17,20). The van der Waals surface area contributed by atoms with Gasteiger partial charge in [-0.15, -0.1) is 0 Å². The van der Waals surface area contributed by atoms with Gasteiger partial charge in [0.15, 0.2) is 0 Å². The Kier molecular flexibility index (Phi) is 4.27. The molecular formula is C16H19N5O. The molecule has 3 heterocycles. The molecule has 1 aliphatic heterocycles. The first-order valence-corrected chi connectivity index (χ1v) is 7.47. The molecule has 22 heavy (non-hydrogen) atoms. The number of carbonyl (C=O) groups is 1. The first-order chi connectivity index (χ1) is 10.8. The van der Waals surface area contributed by atoms with E-state index in [9.17, 15) is 4.79 Å². The fraction of sp³-hybridized carbons (Fsp3) is 0.375. The first-order valence-electron chi connectivity index (χ1n) is 7.47. The number of likely N-dealkylation sites (tertiary alicyclic amines) is 1. The fourth-order valence-corrected chi connectivity index (χ4v) is 2.87. The largest absolute Gasteiger partial charge is 0.372 e. The van der Waals surface area contributed by atoms with Crippen LogP contribution < -0.4 is 5.32 Å². The van der Waals surface area contributed by atoms with E-state index in [-0.39, 0.29) is 5.91 Å². The summed E-state index contributed by atoms with van der Waals surface area (Å²) in [6.45, 7) is 1.48. The molecular weight excluding hydrogens is 278 g/mol. The van der Waals surface area contributed by atoms with Gasteiger partial charge in [-0.3, -0.25) is 14.8 Å². The molecule has 0 bridgehead atoms. The van der Waals surface area contributed by atoms with Crippen molar-refractivity contribution in [3.05, 3.63) is 48.2 Å². The van der Waals surface area contributed by atoms with Crippen LogP contribution in [0.25, 0.3) is 0 Å². The molecule has 6 heteroatoms. The van der Waals surface area contributed by atoms with E-state index in [0.29, 0.717) is 11.5 Å². The summed E-state index contributed by atoms with van der Waals surface area (Å²) in [6.07, 6.45) is 8.54. The molecule has 1 amide bonds. The summed E-state index contributed by atoms with van der Waals surface area (Å²) >= 11 is 0. The summed E-state index contributed by atoms with van der Waals surface area (Å²) in [7, 11) is 1.86. The molecule has 1 saturated heterocycles. The second-order valence-electron chi connectivity index (χ2n) is 5.34. The minimum atomic E-state index is 0.0776. The Morgan fingerprint density at radius 3 is 2.50 bits per heavy atom. The molecule has 0 unspecified atom stereocenters. The maximum atomic E-state index is 12.4. The number of nitrogens with zero attached hydrogens (tertiary/aromatic N) is 4. The van der Waals surface area contributed by atoms with Crippen LogP contribution in [0.2, 0.25) is 0 Å². The number of hydrogen-bond acceptors (Lipinski definition) is 5. The third kappa shape index (κ3) is 2.90. The van der Waals surface area contributed by atoms with E-state index >= 15 is 0 Å². The van der Waals surface area contributed by atoms with Gasteiger partial charge in [0.2, 0.25) is 0 Å². The number of piperidine rings is 1. The van der Waals surface area contributed by atoms with Crippen molar-refractivity contribution >= 4 is 11.7 Å². The van der Waals surface area contributed by atoms with Crippen LogP contribution in [0, 0.1) is 0 Å². The minimum absolute atomic E-state index is 0.0776. The summed E-state index contributed by atoms with van der Waals surface area (Å²) in [5.74, 6) is 1.26. The molecule has 3 rings (SSSR count). The van der Waals surface area contributed by atoms with E-state index in [1.165, 1.54) is 0 Å². The predicted octanol–water partition coefficient (Wildman–Crippen LogP) is 1.93. The summed E-state index contributed by atoms with van der Waals surface area (Å²) in [4.78, 5) is 27.1. The van der Waals surface area contributed by atoms with Crippen LogP contribution in [-0.2, 0) is 0 Å². The number of amides is 1. The molecule has 1 fully saturated rings. The fourth-order valence-electron chi connectivity index (χ4n) is 2.87. The van der Waals surface area contributed by atoms with Gasteiger partial charge in [0, 0.05) is 56.4 Å². The van der Waals surface area contributed by atoms with E-state index < -0.39 is 0 Å². The van der Waals surface area contributed by atoms with Crippen LogP contribution in [0.15, 0.2) is 36.9 Å². The molecule has 6 nitrogen and oxygen atoms in total. The monoisotopic (exact) mass is 297 g/mol. The SMILES string of the molecule is CNc1nccnc1C1CCN(C(=O)c2ccncc2)CC1. The van der Waals surface area contributed by atoms with Crippen LogP contribution in [0.3, 0.4) is 0 Å². The number of hydrogen-bond donors (Lipinski definition) is 1. The van der Waals surface area contributed by atoms with Gasteiger partial charge in [-0.1, -0.05) is 0 Å². The quantitative estimate of drug-likeness (QED) is 0.937. The molecule has 0 atom stereocenters. The van der Waals surface area contributed by atoms with E-state index in [1.807, 2.05) is 11.9 Å². The van der Waals surface area contributed by atoms with Crippen LogP contribution in [0.1, 0.15) is 34.8 Å². The summed E-state index contributed by atoms with van der Waals surface area (Å²) in [5.41, 5.74) is 1.70. The van der Waals surface area contributed by atoms with Crippen LogP contribution in [0.5, 0.6) is 0 Å². The van der Waals surface area contributed by atoms with Crippen molar-refractivity contribution in [2.45, 2.75) is 18.8 Å². The normalized spacial score (nSPS) is 15.6. The average Bonchev–Trinajstić information content (AvgIpc) is 2.62. The smallest absolute Gasteiger partial charge is 0.253 e. The van der Waals surface area contributed by atoms with E-state index in [1.54, 1.807) is 36.9 Å². The zero-order chi connectivity index (χ0) is 15.4. The minimum Gasteiger partial charge on any atom is -0.372 e. The highest BCUT2D eigenvalue weighted by Gasteiger charge is 2.26. The van der Waals surface area contributed by atoms with Gasteiger partial charge in [-0.25, -0.2) is 4.98 Å². The van der Waals surface area contributed by atoms with Gasteiger partial charge in [0.1, 0.15) is 5.82 Å². The molecule has 0 spiro atoms. The summed E-state index contributed by atoms with van der Waals surface area (Å²) in [5, 5.41) is 3.09. The van der Waals surface area contributed by atoms with Crippen molar-refractivity contribution in [3.63, 3.8) is 0 Å². The molecule has 0 saturated carbocycles. The number of nitrogens with one attached hydrogen (secondary N) is 1. The van der Waals surface area contributed by atoms with Crippen molar-refractivity contribution < 1.29 is 4.79 Å². The number of aromatic nitrogens is 3. The zero-order valence-electron chi connectivity index (χ0n) is 12.6. The molecule has 2 aromatic heterocycles. The predicted molar refractivity (Wildman–Crippen MR) is 83.7 cm³/mol. The Morgan fingerprint density at radius 1 is 1.14 bits per heavy atom. The van der Waals surface area contributed by atoms with Gasteiger partial charge in [-0.05, 0) is 25.0 Å². The van der Waals surface area contributed by atoms with Crippen LogP contribution in [-0.4, -0.2) is 45.9 Å². The average molecular weight is 297 g/mol. The van der Waals surface area contributed by atoms with Gasteiger partial charge < -0.3 is 10.2 Å². The number of rotatable bonds is 3. The maximum absolute atomic E-state index is 12.4. The number of pyridine rings is 1. The Bertz CT molecular complexity index is 638. The Labute approximate surface area is 129 Å². The molecule has 0 aliphatic carbocycles. The van der Waals surface area contributed by atoms with Crippen LogP contribution in [0.4, 0.5) is 5.82 Å². The molecule has 2 aromatic rings. The number of carbonyl (C=O) groups excluding carboxylic acids is 1. The lowest BCUT2D eigenvalue weighted by molar-refractivity contribution is 0.0712. The maximum Gasteiger partial charge on any atom is 0.253 e. The topological polar surface area (TPSA) is 71.0 Å². The van der Waals surface area contributed by atoms with Crippen molar-refractivity contribution in [3.8, 4) is 0 Å². The Balaban J connectivity index is 1.67. The van der Waals surface area contributed by atoms with Crippen molar-refractivity contribution in [2.24, 2.45) is 0 Å². The van der Waals surface area contributed by atoms with E-state index in [2.05, 4.69) is 20.3 Å². The first kappa shape index (κ1) is 14.4. The van der Waals surface area contributed by atoms with E-state index in [4.69, 9.17) is 0 Å². The summed E-state index contributed by atoms with van der Waals surface area (Å²) in [6, 6.07) is 3.52. The number of anilines is 1. The van der Waals surface area contributed by atoms with Gasteiger partial charge >= 0.3 is 0 Å². The molecule has 1 aliphatic rings. The molecule has 0 aromatic carbocycles. The molecule has 114 valence electrons. The Hall–Kier alpha value is -2.50. The van der Waals surface area contributed by atoms with E-state index in [0.717, 1.165) is 37.4 Å². The molecule has 0 radical (unpaired) electrons. The second-order valence-corrected chi connectivity index (χ2v) is 5.34. The lowest BCUT2D eigenvalue weighted by atomic mass is 9.92. The highest BCUT2D eigenvalue weighted by Crippen LogP contribution is 2.30. The van der Waals surface area contributed by atoms with Crippen molar-refractivity contribution in [1.82, 2.24) is 19.9 Å². The van der Waals surface area contributed by atoms with Gasteiger partial charge in [0.25, 0.3) is 5.91 Å². The highest BCUT2D eigenvalue weighted by atomic mass is 16.2. The van der Waals surface area contributed by atoms with Crippen LogP contribution >= 0.6 is 0 Å². The van der Waals surface area contributed by atoms with Crippen molar-refractivity contribution in [2.75, 3.05) is 25.5 Å². The zero-order valence-corrected chi connectivity index (χ0v) is 12.6. The Morgan fingerprint density at radius 2 is 1.82 bits per heavy atom. The lowest BCUT2D eigenvalue weighted by Gasteiger charge is -2.32. The van der Waals surface area contributed by atoms with Gasteiger partial charge in [-0.2, -0.15) is 0 Å². The molecule has 1 N–H and O–H groups in total. The van der Waals surface area contributed by atoms with Crippen molar-refractivity contribution in [1.29, 1.82) is 0 Å². The second kappa shape index (κ2) is 6.51. The highest BCUT2D eigenvalue weighted by molar-refractivity contribution is 5.94. The third-order valence-electron chi connectivity index (χ3n) is 4.06. The third-order valence-corrected chi connectivity index (χ3v) is 4.06. The lowest BCUT2D eigenvalue weighted by Crippen LogP contribution is -2.38. The van der Waals surface area contributed by atoms with Gasteiger partial charge in [0.05, 0.1) is 5.69 Å².